The standard InChI is InChI=1S/C25H26N2O6/c1-32-22-14-27(13-20(22)24(29)30)23(28)11-6-12-26-25(31)33-15-21-18-9-4-2-7-16(18)17-8-3-5-10-19(17)21/h2-11,20-22H,12-15H2,1H3,(H,26,31)(H,29,30)/b11-6+. The first-order chi connectivity index (χ1) is 16.0. The van der Waals surface area contributed by atoms with E-state index in [1.165, 1.54) is 24.2 Å². The maximum absolute atomic E-state index is 12.3. The molecule has 1 aliphatic heterocycles. The summed E-state index contributed by atoms with van der Waals surface area (Å²) in [5.41, 5.74) is 4.59. The molecule has 0 aromatic heterocycles. The molecule has 2 unspecified atom stereocenters. The fourth-order valence-corrected chi connectivity index (χ4v) is 4.49. The third kappa shape index (κ3) is 4.75. The minimum absolute atomic E-state index is 0.0219. The quantitative estimate of drug-likeness (QED) is 0.629. The van der Waals surface area contributed by atoms with Crippen LogP contribution in [0.15, 0.2) is 60.7 Å². The molecule has 8 heteroatoms. The number of methoxy groups -OCH3 is 1. The number of carbonyl (C=O) groups excluding carboxylic acids is 2. The van der Waals surface area contributed by atoms with E-state index in [9.17, 15) is 19.5 Å². The molecule has 33 heavy (non-hydrogen) atoms. The Kier molecular flexibility index (Phi) is 6.74. The molecule has 2 aromatic rings. The van der Waals surface area contributed by atoms with Crippen molar-refractivity contribution in [2.24, 2.45) is 5.92 Å². The number of fused-ring (bicyclic) bond motifs is 3. The van der Waals surface area contributed by atoms with Crippen LogP contribution in [0.2, 0.25) is 0 Å². The maximum Gasteiger partial charge on any atom is 0.407 e. The molecule has 0 bridgehead atoms. The normalized spacial score (nSPS) is 19.4. The van der Waals surface area contributed by atoms with Crippen LogP contribution >= 0.6 is 0 Å². The van der Waals surface area contributed by atoms with Gasteiger partial charge >= 0.3 is 12.1 Å². The first kappa shape index (κ1) is 22.5. The predicted molar refractivity (Wildman–Crippen MR) is 121 cm³/mol. The Bertz CT molecular complexity index is 1040. The van der Waals surface area contributed by atoms with E-state index in [1.54, 1.807) is 0 Å². The molecule has 4 rings (SSSR count). The summed E-state index contributed by atoms with van der Waals surface area (Å²) in [6.07, 6.45) is 1.74. The summed E-state index contributed by atoms with van der Waals surface area (Å²) in [6, 6.07) is 16.2. The summed E-state index contributed by atoms with van der Waals surface area (Å²) < 4.78 is 10.6. The van der Waals surface area contributed by atoms with Crippen LogP contribution in [0.25, 0.3) is 11.1 Å². The Balaban J connectivity index is 1.26. The van der Waals surface area contributed by atoms with Gasteiger partial charge in [-0.15, -0.1) is 0 Å². The van der Waals surface area contributed by atoms with E-state index in [4.69, 9.17) is 9.47 Å². The zero-order chi connectivity index (χ0) is 23.4. The summed E-state index contributed by atoms with van der Waals surface area (Å²) in [5.74, 6) is -2.08. The number of benzene rings is 2. The topological polar surface area (TPSA) is 105 Å². The number of carboxylic acids is 1. The van der Waals surface area contributed by atoms with Crippen molar-refractivity contribution in [1.29, 1.82) is 0 Å². The van der Waals surface area contributed by atoms with E-state index in [-0.39, 0.29) is 38.1 Å². The Morgan fingerprint density at radius 3 is 2.27 bits per heavy atom. The highest BCUT2D eigenvalue weighted by Crippen LogP contribution is 2.44. The van der Waals surface area contributed by atoms with Crippen molar-refractivity contribution in [3.63, 3.8) is 0 Å². The zero-order valence-corrected chi connectivity index (χ0v) is 18.3. The second-order valence-electron chi connectivity index (χ2n) is 8.07. The zero-order valence-electron chi connectivity index (χ0n) is 18.3. The molecule has 172 valence electrons. The molecule has 0 saturated carbocycles. The van der Waals surface area contributed by atoms with Crippen molar-refractivity contribution in [2.45, 2.75) is 12.0 Å². The van der Waals surface area contributed by atoms with Gasteiger partial charge in [-0.05, 0) is 22.3 Å². The van der Waals surface area contributed by atoms with Crippen LogP contribution in [0.4, 0.5) is 4.79 Å². The SMILES string of the molecule is COC1CN(C(=O)/C=C/CNC(=O)OCC2c3ccccc3-c3ccccc32)CC1C(=O)O. The average Bonchev–Trinajstić information content (AvgIpc) is 3.40. The van der Waals surface area contributed by atoms with Gasteiger partial charge in [0.2, 0.25) is 5.91 Å². The van der Waals surface area contributed by atoms with Crippen LogP contribution in [0.3, 0.4) is 0 Å². The number of hydrogen-bond donors (Lipinski definition) is 2. The van der Waals surface area contributed by atoms with E-state index in [2.05, 4.69) is 29.6 Å². The lowest BCUT2D eigenvalue weighted by Crippen LogP contribution is -2.29. The molecule has 2 atom stereocenters. The number of amides is 2. The van der Waals surface area contributed by atoms with Gasteiger partial charge in [-0.25, -0.2) is 4.79 Å². The lowest BCUT2D eigenvalue weighted by molar-refractivity contribution is -0.144. The largest absolute Gasteiger partial charge is 0.481 e. The van der Waals surface area contributed by atoms with Crippen molar-refractivity contribution >= 4 is 18.0 Å². The van der Waals surface area contributed by atoms with E-state index >= 15 is 0 Å². The van der Waals surface area contributed by atoms with E-state index in [0.717, 1.165) is 22.3 Å². The van der Waals surface area contributed by atoms with Gasteiger partial charge in [0.05, 0.1) is 6.10 Å². The second kappa shape index (κ2) is 9.87. The molecule has 1 aliphatic carbocycles. The highest BCUT2D eigenvalue weighted by atomic mass is 16.5. The van der Waals surface area contributed by atoms with Crippen molar-refractivity contribution in [3.05, 3.63) is 71.8 Å². The highest BCUT2D eigenvalue weighted by molar-refractivity contribution is 5.88. The third-order valence-corrected chi connectivity index (χ3v) is 6.17. The first-order valence-corrected chi connectivity index (χ1v) is 10.8. The fraction of sp³-hybridized carbons (Fsp3) is 0.320. The Labute approximate surface area is 191 Å². The summed E-state index contributed by atoms with van der Waals surface area (Å²) in [5, 5.41) is 11.8. The van der Waals surface area contributed by atoms with Crippen molar-refractivity contribution in [3.8, 4) is 11.1 Å². The Hall–Kier alpha value is -3.65. The van der Waals surface area contributed by atoms with Crippen molar-refractivity contribution in [1.82, 2.24) is 10.2 Å². The molecular formula is C25H26N2O6. The molecule has 0 radical (unpaired) electrons. The van der Waals surface area contributed by atoms with Crippen LogP contribution in [0, 0.1) is 5.92 Å². The van der Waals surface area contributed by atoms with E-state index < -0.39 is 24.1 Å². The number of nitrogens with zero attached hydrogens (tertiary/aromatic N) is 1. The van der Waals surface area contributed by atoms with Crippen LogP contribution < -0.4 is 5.32 Å². The van der Waals surface area contributed by atoms with Gasteiger partial charge in [0.25, 0.3) is 0 Å². The van der Waals surface area contributed by atoms with E-state index in [0.29, 0.717) is 0 Å². The monoisotopic (exact) mass is 450 g/mol. The predicted octanol–water partition coefficient (Wildman–Crippen LogP) is 2.64. The number of hydrogen-bond acceptors (Lipinski definition) is 5. The number of ether oxygens (including phenoxy) is 2. The van der Waals surface area contributed by atoms with Gasteiger partial charge in [0.1, 0.15) is 12.5 Å². The number of nitrogens with one attached hydrogen (secondary N) is 1. The number of likely N-dealkylation sites (tertiary alicyclic amines) is 1. The molecule has 1 heterocycles. The van der Waals surface area contributed by atoms with E-state index in [1.807, 2.05) is 24.3 Å². The number of aliphatic carboxylic acids is 1. The summed E-state index contributed by atoms with van der Waals surface area (Å²) in [6.45, 7) is 0.644. The Morgan fingerprint density at radius 2 is 1.70 bits per heavy atom. The molecule has 0 spiro atoms. The lowest BCUT2D eigenvalue weighted by atomic mass is 9.98. The average molecular weight is 450 g/mol. The summed E-state index contributed by atoms with van der Waals surface area (Å²) in [4.78, 5) is 37.2. The van der Waals surface area contributed by atoms with Crippen LogP contribution in [-0.2, 0) is 19.1 Å². The number of carboxylic acid groups (broad SMARTS) is 1. The minimum Gasteiger partial charge on any atom is -0.481 e. The molecule has 1 saturated heterocycles. The number of rotatable bonds is 7. The minimum atomic E-state index is -0.988. The number of alkyl carbamates (subject to hydrolysis) is 1. The van der Waals surface area contributed by atoms with Gasteiger partial charge in [-0.1, -0.05) is 54.6 Å². The van der Waals surface area contributed by atoms with Crippen LogP contribution in [0.1, 0.15) is 17.0 Å². The van der Waals surface area contributed by atoms with Crippen molar-refractivity contribution in [2.75, 3.05) is 33.4 Å². The highest BCUT2D eigenvalue weighted by Gasteiger charge is 2.39. The molecular weight excluding hydrogens is 424 g/mol. The summed E-state index contributed by atoms with van der Waals surface area (Å²) >= 11 is 0. The maximum atomic E-state index is 12.3. The number of carbonyl (C=O) groups is 3. The van der Waals surface area contributed by atoms with Crippen molar-refractivity contribution < 1.29 is 29.0 Å². The van der Waals surface area contributed by atoms with Crippen LogP contribution in [-0.4, -0.2) is 67.4 Å². The van der Waals surface area contributed by atoms with Gasteiger partial charge in [0, 0.05) is 38.7 Å². The van der Waals surface area contributed by atoms with Gasteiger partial charge in [-0.3, -0.25) is 9.59 Å². The molecule has 2 aromatic carbocycles. The molecule has 2 aliphatic rings. The van der Waals surface area contributed by atoms with Gasteiger partial charge in [-0.2, -0.15) is 0 Å². The first-order valence-electron chi connectivity index (χ1n) is 10.8. The van der Waals surface area contributed by atoms with Gasteiger partial charge < -0.3 is 24.8 Å². The molecule has 2 N–H and O–H groups in total. The third-order valence-electron chi connectivity index (χ3n) is 6.17. The molecule has 8 nitrogen and oxygen atoms in total. The summed E-state index contributed by atoms with van der Waals surface area (Å²) in [7, 11) is 1.43. The van der Waals surface area contributed by atoms with Crippen LogP contribution in [0.5, 0.6) is 0 Å². The Morgan fingerprint density at radius 1 is 1.06 bits per heavy atom. The molecule has 1 fully saturated rings. The molecule has 2 amide bonds. The lowest BCUT2D eigenvalue weighted by Gasteiger charge is -2.14. The smallest absolute Gasteiger partial charge is 0.407 e. The fourth-order valence-electron chi connectivity index (χ4n) is 4.49. The second-order valence-corrected chi connectivity index (χ2v) is 8.07. The van der Waals surface area contributed by atoms with Gasteiger partial charge in [0.15, 0.2) is 0 Å².